The normalized spacial score (nSPS) is 15.5. The maximum Gasteiger partial charge on any atom is 0.419 e. The summed E-state index contributed by atoms with van der Waals surface area (Å²) in [6, 6.07) is 5.63. The van der Waals surface area contributed by atoms with E-state index in [0.29, 0.717) is 12.1 Å². The van der Waals surface area contributed by atoms with Crippen LogP contribution in [0.2, 0.25) is 0 Å². The average Bonchev–Trinajstić information content (AvgIpc) is 2.74. The van der Waals surface area contributed by atoms with Crippen molar-refractivity contribution in [1.82, 2.24) is 4.31 Å². The fourth-order valence-corrected chi connectivity index (χ4v) is 4.56. The summed E-state index contributed by atoms with van der Waals surface area (Å²) in [5.74, 6) is -2.35. The smallest absolute Gasteiger partial charge is 0.419 e. The molecular formula is C19H18F4N2O5S. The molecule has 0 unspecified atom stereocenters. The first-order valence-electron chi connectivity index (χ1n) is 8.98. The number of sulfonamides is 1. The number of nitrogens with zero attached hydrogens (tertiary/aromatic N) is 1. The highest BCUT2D eigenvalue weighted by Gasteiger charge is 2.34. The van der Waals surface area contributed by atoms with Crippen LogP contribution in [0.15, 0.2) is 41.3 Å². The first-order chi connectivity index (χ1) is 14.5. The SMILES string of the molecule is COc1ccc(C(=O)Nc2ccc(F)c(C(F)(F)F)c2)cc1S(=O)(=O)N1CCOCC1. The van der Waals surface area contributed by atoms with Crippen LogP contribution in [0.4, 0.5) is 23.2 Å². The number of alkyl halides is 3. The number of rotatable bonds is 5. The Balaban J connectivity index is 1.92. The molecule has 12 heteroatoms. The molecule has 1 N–H and O–H groups in total. The van der Waals surface area contributed by atoms with Gasteiger partial charge in [-0.3, -0.25) is 4.79 Å². The molecule has 1 saturated heterocycles. The van der Waals surface area contributed by atoms with Gasteiger partial charge in [-0.2, -0.15) is 17.5 Å². The molecule has 1 amide bonds. The summed E-state index contributed by atoms with van der Waals surface area (Å²) in [4.78, 5) is 12.3. The fourth-order valence-electron chi connectivity index (χ4n) is 2.97. The van der Waals surface area contributed by atoms with E-state index in [9.17, 15) is 30.8 Å². The van der Waals surface area contributed by atoms with Gasteiger partial charge in [0.05, 0.1) is 25.9 Å². The quantitative estimate of drug-likeness (QED) is 0.691. The van der Waals surface area contributed by atoms with Gasteiger partial charge in [-0.1, -0.05) is 0 Å². The molecule has 7 nitrogen and oxygen atoms in total. The molecule has 0 aromatic heterocycles. The number of carbonyl (C=O) groups excluding carboxylic acids is 1. The molecule has 0 radical (unpaired) electrons. The van der Waals surface area contributed by atoms with Gasteiger partial charge >= 0.3 is 6.18 Å². The predicted molar refractivity (Wildman–Crippen MR) is 102 cm³/mol. The van der Waals surface area contributed by atoms with E-state index in [-0.39, 0.29) is 48.2 Å². The minimum absolute atomic E-state index is 0.00387. The van der Waals surface area contributed by atoms with E-state index in [1.165, 1.54) is 23.5 Å². The summed E-state index contributed by atoms with van der Waals surface area (Å²) in [7, 11) is -2.75. The second kappa shape index (κ2) is 8.81. The molecule has 1 heterocycles. The topological polar surface area (TPSA) is 84.9 Å². The molecule has 31 heavy (non-hydrogen) atoms. The third kappa shape index (κ3) is 4.97. The van der Waals surface area contributed by atoms with Crippen LogP contribution in [0.25, 0.3) is 0 Å². The Bertz CT molecular complexity index is 1080. The van der Waals surface area contributed by atoms with Gasteiger partial charge in [0, 0.05) is 24.3 Å². The highest BCUT2D eigenvalue weighted by molar-refractivity contribution is 7.89. The first-order valence-corrected chi connectivity index (χ1v) is 10.4. The number of carbonyl (C=O) groups is 1. The van der Waals surface area contributed by atoms with Crippen LogP contribution in [0.1, 0.15) is 15.9 Å². The second-order valence-electron chi connectivity index (χ2n) is 6.53. The van der Waals surface area contributed by atoms with Crippen LogP contribution in [-0.2, 0) is 20.9 Å². The van der Waals surface area contributed by atoms with Crippen molar-refractivity contribution in [2.45, 2.75) is 11.1 Å². The molecule has 1 aliphatic heterocycles. The zero-order valence-corrected chi connectivity index (χ0v) is 17.0. The van der Waals surface area contributed by atoms with Crippen LogP contribution >= 0.6 is 0 Å². The summed E-state index contributed by atoms with van der Waals surface area (Å²) in [5, 5.41) is 2.22. The molecule has 0 bridgehead atoms. The number of benzene rings is 2. The minimum Gasteiger partial charge on any atom is -0.495 e. The Hall–Kier alpha value is -2.70. The number of ether oxygens (including phenoxy) is 2. The largest absolute Gasteiger partial charge is 0.495 e. The Labute approximate surface area is 175 Å². The van der Waals surface area contributed by atoms with E-state index in [1.807, 2.05) is 0 Å². The van der Waals surface area contributed by atoms with E-state index >= 15 is 0 Å². The van der Waals surface area contributed by atoms with E-state index in [2.05, 4.69) is 5.32 Å². The zero-order chi connectivity index (χ0) is 22.8. The number of nitrogens with one attached hydrogen (secondary N) is 1. The molecule has 1 aliphatic rings. The number of hydrogen-bond donors (Lipinski definition) is 1. The Kier molecular flexibility index (Phi) is 6.53. The van der Waals surface area contributed by atoms with E-state index < -0.39 is 33.5 Å². The predicted octanol–water partition coefficient (Wildman–Crippen LogP) is 3.13. The molecule has 2 aromatic rings. The van der Waals surface area contributed by atoms with Gasteiger partial charge in [0.1, 0.15) is 16.5 Å². The van der Waals surface area contributed by atoms with E-state index in [0.717, 1.165) is 12.1 Å². The third-order valence-electron chi connectivity index (χ3n) is 4.54. The molecule has 3 rings (SSSR count). The molecule has 0 atom stereocenters. The van der Waals surface area contributed by atoms with Gasteiger partial charge in [-0.05, 0) is 36.4 Å². The summed E-state index contributed by atoms with van der Waals surface area (Å²) in [6.07, 6.45) is -4.94. The zero-order valence-electron chi connectivity index (χ0n) is 16.2. The second-order valence-corrected chi connectivity index (χ2v) is 8.43. The number of halogens is 4. The standard InChI is InChI=1S/C19H18F4N2O5S/c1-29-16-5-2-12(10-17(16)31(27,28)25-6-8-30-9-7-25)18(26)24-13-3-4-15(20)14(11-13)19(21,22)23/h2-5,10-11H,6-9H2,1H3,(H,24,26). The molecule has 0 aliphatic carbocycles. The van der Waals surface area contributed by atoms with Crippen molar-refractivity contribution in [1.29, 1.82) is 0 Å². The lowest BCUT2D eigenvalue weighted by molar-refractivity contribution is -0.139. The Morgan fingerprint density at radius 2 is 1.81 bits per heavy atom. The van der Waals surface area contributed by atoms with Crippen LogP contribution in [0, 0.1) is 5.82 Å². The highest BCUT2D eigenvalue weighted by Crippen LogP contribution is 2.33. The van der Waals surface area contributed by atoms with Gasteiger partial charge in [0.2, 0.25) is 10.0 Å². The van der Waals surface area contributed by atoms with E-state index in [1.54, 1.807) is 0 Å². The highest BCUT2D eigenvalue weighted by atomic mass is 32.2. The molecule has 2 aromatic carbocycles. The van der Waals surface area contributed by atoms with Crippen LogP contribution < -0.4 is 10.1 Å². The van der Waals surface area contributed by atoms with Crippen molar-refractivity contribution in [3.8, 4) is 5.75 Å². The molecule has 0 spiro atoms. The van der Waals surface area contributed by atoms with Crippen molar-refractivity contribution in [2.24, 2.45) is 0 Å². The average molecular weight is 462 g/mol. The van der Waals surface area contributed by atoms with Crippen molar-refractivity contribution >= 4 is 21.6 Å². The Morgan fingerprint density at radius 3 is 2.42 bits per heavy atom. The van der Waals surface area contributed by atoms with Crippen molar-refractivity contribution in [3.63, 3.8) is 0 Å². The van der Waals surface area contributed by atoms with Gasteiger partial charge in [-0.15, -0.1) is 0 Å². The van der Waals surface area contributed by atoms with Gasteiger partial charge in [-0.25, -0.2) is 12.8 Å². The van der Waals surface area contributed by atoms with Gasteiger partial charge in [0.25, 0.3) is 5.91 Å². The molecule has 1 fully saturated rings. The van der Waals surface area contributed by atoms with Crippen molar-refractivity contribution in [2.75, 3.05) is 38.7 Å². The summed E-state index contributed by atoms with van der Waals surface area (Å²) in [6.45, 7) is 0.678. The number of morpholine rings is 1. The number of methoxy groups -OCH3 is 1. The van der Waals surface area contributed by atoms with E-state index in [4.69, 9.17) is 9.47 Å². The Morgan fingerprint density at radius 1 is 1.13 bits per heavy atom. The van der Waals surface area contributed by atoms with Crippen LogP contribution in [-0.4, -0.2) is 52.0 Å². The first kappa shape index (κ1) is 23.0. The lowest BCUT2D eigenvalue weighted by Crippen LogP contribution is -2.40. The molecular weight excluding hydrogens is 444 g/mol. The molecule has 168 valence electrons. The number of hydrogen-bond acceptors (Lipinski definition) is 5. The van der Waals surface area contributed by atoms with Crippen LogP contribution in [0.5, 0.6) is 5.75 Å². The minimum atomic E-state index is -4.94. The van der Waals surface area contributed by atoms with Gasteiger partial charge in [0.15, 0.2) is 0 Å². The number of anilines is 1. The lowest BCUT2D eigenvalue weighted by atomic mass is 10.1. The molecule has 0 saturated carbocycles. The summed E-state index contributed by atoms with van der Waals surface area (Å²) < 4.78 is 89.5. The van der Waals surface area contributed by atoms with Gasteiger partial charge < -0.3 is 14.8 Å². The maximum atomic E-state index is 13.4. The van der Waals surface area contributed by atoms with Crippen molar-refractivity contribution < 1.29 is 40.2 Å². The lowest BCUT2D eigenvalue weighted by Gasteiger charge is -2.26. The monoisotopic (exact) mass is 462 g/mol. The summed E-state index contributed by atoms with van der Waals surface area (Å²) in [5.41, 5.74) is -1.96. The van der Waals surface area contributed by atoms with Crippen molar-refractivity contribution in [3.05, 3.63) is 53.3 Å². The summed E-state index contributed by atoms with van der Waals surface area (Å²) >= 11 is 0. The maximum absolute atomic E-state index is 13.4. The van der Waals surface area contributed by atoms with Crippen LogP contribution in [0.3, 0.4) is 0 Å². The third-order valence-corrected chi connectivity index (χ3v) is 6.46. The fraction of sp³-hybridized carbons (Fsp3) is 0.316. The number of amides is 1.